The van der Waals surface area contributed by atoms with E-state index in [1.54, 1.807) is 11.8 Å². The minimum atomic E-state index is -0.0969. The second-order valence-electron chi connectivity index (χ2n) is 6.45. The van der Waals surface area contributed by atoms with E-state index in [1.807, 2.05) is 61.1 Å². The summed E-state index contributed by atoms with van der Waals surface area (Å²) in [6.45, 7) is 5.01. The number of carbonyl (C=O) groups excluding carboxylic acids is 1. The molecule has 0 fully saturated rings. The molecule has 0 radical (unpaired) electrons. The highest BCUT2D eigenvalue weighted by molar-refractivity contribution is 7.98. The number of thioether (sulfide) groups is 1. The first-order valence-electron chi connectivity index (χ1n) is 8.62. The number of hydrogen-bond donors (Lipinski definition) is 1. The van der Waals surface area contributed by atoms with Gasteiger partial charge in [-0.25, -0.2) is 4.98 Å². The molecule has 0 saturated carbocycles. The number of carbonyl (C=O) groups is 1. The summed E-state index contributed by atoms with van der Waals surface area (Å²) < 4.78 is 2.15. The summed E-state index contributed by atoms with van der Waals surface area (Å²) in [7, 11) is 0. The molecule has 3 aromatic rings. The van der Waals surface area contributed by atoms with Crippen molar-refractivity contribution in [2.45, 2.75) is 31.2 Å². The van der Waals surface area contributed by atoms with Crippen LogP contribution in [0.4, 0.5) is 5.69 Å². The molecule has 0 aliphatic rings. The Morgan fingerprint density at radius 3 is 2.65 bits per heavy atom. The smallest absolute Gasteiger partial charge is 0.255 e. The predicted octanol–water partition coefficient (Wildman–Crippen LogP) is 5.03. The number of amides is 1. The fraction of sp³-hybridized carbons (Fsp3) is 0.238. The maximum Gasteiger partial charge on any atom is 0.255 e. The van der Waals surface area contributed by atoms with E-state index in [4.69, 9.17) is 0 Å². The lowest BCUT2D eigenvalue weighted by atomic mass is 10.1. The van der Waals surface area contributed by atoms with Gasteiger partial charge in [-0.3, -0.25) is 4.79 Å². The molecule has 1 aromatic heterocycles. The van der Waals surface area contributed by atoms with Crippen LogP contribution in [0.25, 0.3) is 0 Å². The lowest BCUT2D eigenvalue weighted by Gasteiger charge is -2.12. The third-order valence-corrected chi connectivity index (χ3v) is 4.90. The monoisotopic (exact) mass is 365 g/mol. The van der Waals surface area contributed by atoms with E-state index >= 15 is 0 Å². The van der Waals surface area contributed by atoms with Crippen molar-refractivity contribution in [3.05, 3.63) is 77.9 Å². The van der Waals surface area contributed by atoms with Crippen molar-refractivity contribution in [3.63, 3.8) is 0 Å². The molecule has 3 rings (SSSR count). The van der Waals surface area contributed by atoms with E-state index in [0.717, 1.165) is 28.5 Å². The van der Waals surface area contributed by atoms with Crippen LogP contribution in [0.5, 0.6) is 0 Å². The standard InChI is InChI=1S/C21H23N3OS/c1-15(2)20-22-11-12-24(20)14-16-5-4-6-18(13-16)23-21(25)17-7-9-19(26-3)10-8-17/h4-13,15H,14H2,1-3H3,(H,23,25). The van der Waals surface area contributed by atoms with Crippen molar-refractivity contribution in [2.75, 3.05) is 11.6 Å². The van der Waals surface area contributed by atoms with Crippen LogP contribution in [0.15, 0.2) is 65.8 Å². The highest BCUT2D eigenvalue weighted by atomic mass is 32.2. The summed E-state index contributed by atoms with van der Waals surface area (Å²) in [4.78, 5) is 18.0. The second-order valence-corrected chi connectivity index (χ2v) is 7.33. The van der Waals surface area contributed by atoms with Gasteiger partial charge in [-0.15, -0.1) is 11.8 Å². The molecule has 1 amide bonds. The minimum absolute atomic E-state index is 0.0969. The number of rotatable bonds is 6. The van der Waals surface area contributed by atoms with Gasteiger partial charge in [-0.05, 0) is 48.2 Å². The number of benzene rings is 2. The Morgan fingerprint density at radius 2 is 1.96 bits per heavy atom. The van der Waals surface area contributed by atoms with Crippen LogP contribution < -0.4 is 5.32 Å². The Bertz CT molecular complexity index is 884. The average Bonchev–Trinajstić information content (AvgIpc) is 3.10. The molecule has 0 aliphatic carbocycles. The lowest BCUT2D eigenvalue weighted by molar-refractivity contribution is 0.102. The molecular formula is C21H23N3OS. The summed E-state index contributed by atoms with van der Waals surface area (Å²) >= 11 is 1.66. The number of imidazole rings is 1. The van der Waals surface area contributed by atoms with Crippen LogP contribution in [0.3, 0.4) is 0 Å². The normalized spacial score (nSPS) is 10.9. The fourth-order valence-electron chi connectivity index (χ4n) is 2.84. The number of nitrogens with one attached hydrogen (secondary N) is 1. The Balaban J connectivity index is 1.72. The summed E-state index contributed by atoms with van der Waals surface area (Å²) in [5.41, 5.74) is 2.58. The van der Waals surface area contributed by atoms with Gasteiger partial charge in [0.05, 0.1) is 0 Å². The van der Waals surface area contributed by atoms with Gasteiger partial charge < -0.3 is 9.88 Å². The zero-order chi connectivity index (χ0) is 18.5. The Labute approximate surface area is 158 Å². The lowest BCUT2D eigenvalue weighted by Crippen LogP contribution is -2.12. The average molecular weight is 366 g/mol. The van der Waals surface area contributed by atoms with Crippen molar-refractivity contribution in [3.8, 4) is 0 Å². The first-order valence-corrected chi connectivity index (χ1v) is 9.84. The molecule has 0 atom stereocenters. The zero-order valence-corrected chi connectivity index (χ0v) is 16.1. The summed E-state index contributed by atoms with van der Waals surface area (Å²) in [5, 5.41) is 2.98. The fourth-order valence-corrected chi connectivity index (χ4v) is 3.25. The summed E-state index contributed by atoms with van der Waals surface area (Å²) in [6.07, 6.45) is 5.85. The van der Waals surface area contributed by atoms with E-state index in [0.29, 0.717) is 11.5 Å². The Morgan fingerprint density at radius 1 is 1.19 bits per heavy atom. The topological polar surface area (TPSA) is 46.9 Å². The van der Waals surface area contributed by atoms with Gasteiger partial charge in [0.2, 0.25) is 0 Å². The first kappa shape index (κ1) is 18.3. The predicted molar refractivity (Wildman–Crippen MR) is 108 cm³/mol. The maximum absolute atomic E-state index is 12.5. The van der Waals surface area contributed by atoms with Crippen molar-refractivity contribution < 1.29 is 4.79 Å². The molecule has 0 bridgehead atoms. The molecule has 5 heteroatoms. The van der Waals surface area contributed by atoms with Gasteiger partial charge in [0, 0.05) is 41.0 Å². The van der Waals surface area contributed by atoms with Gasteiger partial charge >= 0.3 is 0 Å². The van der Waals surface area contributed by atoms with Crippen LogP contribution >= 0.6 is 11.8 Å². The third kappa shape index (κ3) is 4.35. The number of hydrogen-bond acceptors (Lipinski definition) is 3. The molecule has 0 saturated heterocycles. The van der Waals surface area contributed by atoms with Crippen LogP contribution in [0, 0.1) is 0 Å². The highest BCUT2D eigenvalue weighted by Gasteiger charge is 2.09. The van der Waals surface area contributed by atoms with Gasteiger partial charge in [0.25, 0.3) is 5.91 Å². The first-order chi connectivity index (χ1) is 12.6. The molecule has 2 aromatic carbocycles. The minimum Gasteiger partial charge on any atom is -0.330 e. The molecule has 1 N–H and O–H groups in total. The van der Waals surface area contributed by atoms with Crippen molar-refractivity contribution in [1.82, 2.24) is 9.55 Å². The van der Waals surface area contributed by atoms with Gasteiger partial charge in [-0.1, -0.05) is 26.0 Å². The zero-order valence-electron chi connectivity index (χ0n) is 15.3. The molecule has 26 heavy (non-hydrogen) atoms. The highest BCUT2D eigenvalue weighted by Crippen LogP contribution is 2.18. The summed E-state index contributed by atoms with van der Waals surface area (Å²) in [6, 6.07) is 15.6. The van der Waals surface area contributed by atoms with E-state index < -0.39 is 0 Å². The van der Waals surface area contributed by atoms with E-state index in [2.05, 4.69) is 34.8 Å². The van der Waals surface area contributed by atoms with Crippen LogP contribution in [-0.4, -0.2) is 21.7 Å². The quantitative estimate of drug-likeness (QED) is 0.623. The molecule has 134 valence electrons. The second kappa shape index (κ2) is 8.23. The van der Waals surface area contributed by atoms with E-state index in [-0.39, 0.29) is 5.91 Å². The third-order valence-electron chi connectivity index (χ3n) is 4.15. The molecule has 0 aliphatic heterocycles. The van der Waals surface area contributed by atoms with Crippen molar-refractivity contribution >= 4 is 23.4 Å². The van der Waals surface area contributed by atoms with Crippen LogP contribution in [0.2, 0.25) is 0 Å². The SMILES string of the molecule is CSc1ccc(C(=O)Nc2cccc(Cn3ccnc3C(C)C)c2)cc1. The molecule has 4 nitrogen and oxygen atoms in total. The largest absolute Gasteiger partial charge is 0.330 e. The van der Waals surface area contributed by atoms with Crippen molar-refractivity contribution in [1.29, 1.82) is 0 Å². The molecule has 0 unspecified atom stereocenters. The van der Waals surface area contributed by atoms with Gasteiger partial charge in [-0.2, -0.15) is 0 Å². The summed E-state index contributed by atoms with van der Waals surface area (Å²) in [5.74, 6) is 1.34. The Hall–Kier alpha value is -2.53. The Kier molecular flexibility index (Phi) is 5.78. The van der Waals surface area contributed by atoms with Crippen LogP contribution in [0.1, 0.15) is 41.5 Å². The maximum atomic E-state index is 12.5. The number of anilines is 1. The van der Waals surface area contributed by atoms with Crippen LogP contribution in [-0.2, 0) is 6.54 Å². The molecule has 0 spiro atoms. The van der Waals surface area contributed by atoms with Gasteiger partial charge in [0.15, 0.2) is 0 Å². The number of nitrogens with zero attached hydrogens (tertiary/aromatic N) is 2. The molecule has 1 heterocycles. The molecular weight excluding hydrogens is 342 g/mol. The van der Waals surface area contributed by atoms with E-state index in [1.165, 1.54) is 0 Å². The van der Waals surface area contributed by atoms with Gasteiger partial charge in [0.1, 0.15) is 5.82 Å². The van der Waals surface area contributed by atoms with E-state index in [9.17, 15) is 4.79 Å². The van der Waals surface area contributed by atoms with Crippen molar-refractivity contribution in [2.24, 2.45) is 0 Å². The number of aromatic nitrogens is 2.